The Morgan fingerprint density at radius 1 is 1.38 bits per heavy atom. The molecular weight excluding hydrogens is 222 g/mol. The summed E-state index contributed by atoms with van der Waals surface area (Å²) in [4.78, 5) is 0. The van der Waals surface area contributed by atoms with Crippen LogP contribution in [-0.4, -0.2) is 13.2 Å². The summed E-state index contributed by atoms with van der Waals surface area (Å²) in [7, 11) is 0. The first-order chi connectivity index (χ1) is 7.68. The first-order valence-electron chi connectivity index (χ1n) is 5.78. The largest absolute Gasteiger partial charge is 0.381 e. The van der Waals surface area contributed by atoms with E-state index >= 15 is 0 Å². The van der Waals surface area contributed by atoms with Crippen LogP contribution in [0.15, 0.2) is 18.2 Å². The minimum absolute atomic E-state index is 0.112. The zero-order chi connectivity index (χ0) is 11.5. The molecule has 0 bridgehead atoms. The zero-order valence-corrected chi connectivity index (χ0v) is 10.3. The zero-order valence-electron chi connectivity index (χ0n) is 9.58. The topological polar surface area (TPSA) is 35.2 Å². The maximum Gasteiger partial charge on any atom is 0.0469 e. The molecule has 0 amide bonds. The number of nitrogens with two attached hydrogens (primary N) is 1. The van der Waals surface area contributed by atoms with Gasteiger partial charge >= 0.3 is 0 Å². The molecule has 0 aliphatic carbocycles. The minimum Gasteiger partial charge on any atom is -0.381 e. The predicted molar refractivity (Wildman–Crippen MR) is 66.7 cm³/mol. The molecule has 1 saturated heterocycles. The Morgan fingerprint density at radius 3 is 2.69 bits per heavy atom. The van der Waals surface area contributed by atoms with Crippen LogP contribution in [0.4, 0.5) is 0 Å². The van der Waals surface area contributed by atoms with Gasteiger partial charge in [-0.05, 0) is 48.9 Å². The van der Waals surface area contributed by atoms with Gasteiger partial charge in [-0.1, -0.05) is 17.7 Å². The van der Waals surface area contributed by atoms with Crippen LogP contribution in [0.5, 0.6) is 0 Å². The second-order valence-corrected chi connectivity index (χ2v) is 4.91. The monoisotopic (exact) mass is 239 g/mol. The lowest BCUT2D eigenvalue weighted by Gasteiger charge is -2.28. The lowest BCUT2D eigenvalue weighted by atomic mass is 9.86. The molecule has 3 heteroatoms. The van der Waals surface area contributed by atoms with Gasteiger partial charge in [0.1, 0.15) is 0 Å². The van der Waals surface area contributed by atoms with E-state index in [9.17, 15) is 0 Å². The Morgan fingerprint density at radius 2 is 2.06 bits per heavy atom. The highest BCUT2D eigenvalue weighted by atomic mass is 35.5. The molecule has 2 N–H and O–H groups in total. The summed E-state index contributed by atoms with van der Waals surface area (Å²) in [5, 5.41) is 0.778. The van der Waals surface area contributed by atoms with E-state index in [-0.39, 0.29) is 6.04 Å². The second kappa shape index (κ2) is 5.17. The third-order valence-electron chi connectivity index (χ3n) is 3.36. The maximum absolute atomic E-state index is 6.32. The van der Waals surface area contributed by atoms with Crippen LogP contribution < -0.4 is 5.73 Å². The minimum atomic E-state index is 0.112. The molecule has 1 fully saturated rings. The molecule has 1 aliphatic heterocycles. The fraction of sp³-hybridized carbons (Fsp3) is 0.538. The lowest BCUT2D eigenvalue weighted by Crippen LogP contribution is -2.27. The molecule has 16 heavy (non-hydrogen) atoms. The van der Waals surface area contributed by atoms with E-state index in [4.69, 9.17) is 22.1 Å². The molecule has 1 aromatic carbocycles. The van der Waals surface area contributed by atoms with Crippen molar-refractivity contribution in [1.29, 1.82) is 0 Å². The summed E-state index contributed by atoms with van der Waals surface area (Å²) in [6.07, 6.45) is 2.12. The van der Waals surface area contributed by atoms with Crippen LogP contribution in [0, 0.1) is 12.8 Å². The predicted octanol–water partition coefficient (Wildman–Crippen LogP) is 3.07. The standard InChI is InChI=1S/C13H18ClNO/c1-9-8-11(14)2-3-12(9)13(15)10-4-6-16-7-5-10/h2-3,8,10,13H,4-7,15H2,1H3. The van der Waals surface area contributed by atoms with Crippen molar-refractivity contribution >= 4 is 11.6 Å². The van der Waals surface area contributed by atoms with Crippen LogP contribution in [0.2, 0.25) is 5.02 Å². The van der Waals surface area contributed by atoms with E-state index < -0.39 is 0 Å². The average molecular weight is 240 g/mol. The van der Waals surface area contributed by atoms with E-state index in [1.165, 1.54) is 11.1 Å². The van der Waals surface area contributed by atoms with Crippen molar-refractivity contribution in [2.75, 3.05) is 13.2 Å². The van der Waals surface area contributed by atoms with Crippen molar-refractivity contribution in [3.8, 4) is 0 Å². The van der Waals surface area contributed by atoms with Gasteiger partial charge in [-0.3, -0.25) is 0 Å². The van der Waals surface area contributed by atoms with Gasteiger partial charge in [0.15, 0.2) is 0 Å². The molecule has 1 unspecified atom stereocenters. The number of halogens is 1. The van der Waals surface area contributed by atoms with Gasteiger partial charge in [0, 0.05) is 24.3 Å². The second-order valence-electron chi connectivity index (χ2n) is 4.48. The number of rotatable bonds is 2. The molecule has 0 radical (unpaired) electrons. The van der Waals surface area contributed by atoms with Gasteiger partial charge in [0.25, 0.3) is 0 Å². The Bertz CT molecular complexity index is 361. The SMILES string of the molecule is Cc1cc(Cl)ccc1C(N)C1CCOCC1. The fourth-order valence-electron chi connectivity index (χ4n) is 2.34. The van der Waals surface area contributed by atoms with Crippen LogP contribution in [-0.2, 0) is 4.74 Å². The smallest absolute Gasteiger partial charge is 0.0469 e. The number of aryl methyl sites for hydroxylation is 1. The Kier molecular flexibility index (Phi) is 3.85. The number of ether oxygens (including phenoxy) is 1. The molecule has 2 nitrogen and oxygen atoms in total. The molecule has 88 valence electrons. The first kappa shape index (κ1) is 11.9. The number of hydrogen-bond donors (Lipinski definition) is 1. The summed E-state index contributed by atoms with van der Waals surface area (Å²) in [5.41, 5.74) is 8.73. The van der Waals surface area contributed by atoms with Gasteiger partial charge in [-0.15, -0.1) is 0 Å². The van der Waals surface area contributed by atoms with Crippen LogP contribution in [0.1, 0.15) is 30.0 Å². The van der Waals surface area contributed by atoms with Crippen molar-refractivity contribution in [1.82, 2.24) is 0 Å². The maximum atomic E-state index is 6.32. The molecule has 1 aromatic rings. The normalized spacial score (nSPS) is 19.7. The van der Waals surface area contributed by atoms with E-state index in [1.807, 2.05) is 12.1 Å². The summed E-state index contributed by atoms with van der Waals surface area (Å²) >= 11 is 5.95. The van der Waals surface area contributed by atoms with Crippen molar-refractivity contribution in [2.45, 2.75) is 25.8 Å². The molecule has 0 spiro atoms. The molecule has 1 aliphatic rings. The Balaban J connectivity index is 2.15. The van der Waals surface area contributed by atoms with E-state index in [1.54, 1.807) is 0 Å². The third-order valence-corrected chi connectivity index (χ3v) is 3.60. The van der Waals surface area contributed by atoms with Crippen LogP contribution in [0.3, 0.4) is 0 Å². The lowest BCUT2D eigenvalue weighted by molar-refractivity contribution is 0.0583. The molecule has 1 heterocycles. The molecular formula is C13H18ClNO. The molecule has 0 saturated carbocycles. The van der Waals surface area contributed by atoms with E-state index in [2.05, 4.69) is 13.0 Å². The summed E-state index contributed by atoms with van der Waals surface area (Å²) in [5.74, 6) is 0.536. The third kappa shape index (κ3) is 2.57. The van der Waals surface area contributed by atoms with Crippen LogP contribution in [0.25, 0.3) is 0 Å². The highest BCUT2D eigenvalue weighted by molar-refractivity contribution is 6.30. The van der Waals surface area contributed by atoms with Crippen molar-refractivity contribution in [2.24, 2.45) is 11.7 Å². The first-order valence-corrected chi connectivity index (χ1v) is 6.15. The number of benzene rings is 1. The average Bonchev–Trinajstić information content (AvgIpc) is 2.29. The Hall–Kier alpha value is -0.570. The molecule has 0 aromatic heterocycles. The quantitative estimate of drug-likeness (QED) is 0.861. The molecule has 2 rings (SSSR count). The van der Waals surface area contributed by atoms with Gasteiger partial charge < -0.3 is 10.5 Å². The van der Waals surface area contributed by atoms with Gasteiger partial charge in [-0.25, -0.2) is 0 Å². The van der Waals surface area contributed by atoms with Crippen LogP contribution >= 0.6 is 11.6 Å². The van der Waals surface area contributed by atoms with Gasteiger partial charge in [0.05, 0.1) is 0 Å². The van der Waals surface area contributed by atoms with E-state index in [0.29, 0.717) is 5.92 Å². The number of hydrogen-bond acceptors (Lipinski definition) is 2. The van der Waals surface area contributed by atoms with Gasteiger partial charge in [-0.2, -0.15) is 0 Å². The molecule has 1 atom stereocenters. The highest BCUT2D eigenvalue weighted by Crippen LogP contribution is 2.30. The highest BCUT2D eigenvalue weighted by Gasteiger charge is 2.23. The van der Waals surface area contributed by atoms with Gasteiger partial charge in [0.2, 0.25) is 0 Å². The summed E-state index contributed by atoms with van der Waals surface area (Å²) < 4.78 is 5.36. The summed E-state index contributed by atoms with van der Waals surface area (Å²) in [6.45, 7) is 3.75. The van der Waals surface area contributed by atoms with Crippen molar-refractivity contribution < 1.29 is 4.74 Å². The Labute approximate surface area is 102 Å². The van der Waals surface area contributed by atoms with Crippen molar-refractivity contribution in [3.63, 3.8) is 0 Å². The summed E-state index contributed by atoms with van der Waals surface area (Å²) in [6, 6.07) is 6.07. The van der Waals surface area contributed by atoms with E-state index in [0.717, 1.165) is 31.1 Å². The van der Waals surface area contributed by atoms with Crippen molar-refractivity contribution in [3.05, 3.63) is 34.3 Å². The fourth-order valence-corrected chi connectivity index (χ4v) is 2.57.